The number of anilines is 1. The first kappa shape index (κ1) is 15.2. The van der Waals surface area contributed by atoms with Gasteiger partial charge in [0.05, 0.1) is 15.6 Å². The molecule has 20 heavy (non-hydrogen) atoms. The number of carbonyl (C=O) groups is 1. The van der Waals surface area contributed by atoms with Crippen molar-refractivity contribution >= 4 is 33.2 Å². The van der Waals surface area contributed by atoms with Crippen molar-refractivity contribution in [3.8, 4) is 0 Å². The molecule has 1 fully saturated rings. The summed E-state index contributed by atoms with van der Waals surface area (Å²) in [4.78, 5) is 11.8. The Hall–Kier alpha value is -1.15. The van der Waals surface area contributed by atoms with E-state index in [4.69, 9.17) is 22.5 Å². The summed E-state index contributed by atoms with van der Waals surface area (Å²) >= 11 is 5.93. The van der Waals surface area contributed by atoms with E-state index in [0.717, 1.165) is 19.3 Å². The lowest BCUT2D eigenvalue weighted by Gasteiger charge is -2.37. The third-order valence-electron chi connectivity index (χ3n) is 3.40. The van der Waals surface area contributed by atoms with Gasteiger partial charge >= 0.3 is 0 Å². The minimum absolute atomic E-state index is 0.108. The molecule has 0 heterocycles. The van der Waals surface area contributed by atoms with E-state index in [9.17, 15) is 13.2 Å². The normalized spacial score (nSPS) is 17.4. The summed E-state index contributed by atoms with van der Waals surface area (Å²) in [5.41, 5.74) is 5.75. The fourth-order valence-corrected chi connectivity index (χ4v) is 2.80. The van der Waals surface area contributed by atoms with Gasteiger partial charge in [-0.2, -0.15) is 0 Å². The molecule has 0 saturated heterocycles. The third kappa shape index (κ3) is 3.49. The predicted molar refractivity (Wildman–Crippen MR) is 76.8 cm³/mol. The van der Waals surface area contributed by atoms with Gasteiger partial charge in [-0.3, -0.25) is 4.79 Å². The summed E-state index contributed by atoms with van der Waals surface area (Å²) in [5, 5.41) is 7.85. The second-order valence-corrected chi connectivity index (χ2v) is 7.10. The average molecular weight is 318 g/mol. The molecule has 110 valence electrons. The largest absolute Gasteiger partial charge is 0.325 e. The van der Waals surface area contributed by atoms with Crippen LogP contribution < -0.4 is 16.2 Å². The van der Waals surface area contributed by atoms with Crippen LogP contribution in [0.3, 0.4) is 0 Å². The van der Waals surface area contributed by atoms with Crippen LogP contribution in [-0.2, 0) is 14.8 Å². The number of nitrogens with two attached hydrogens (primary N) is 2. The van der Waals surface area contributed by atoms with Crippen molar-refractivity contribution < 1.29 is 13.2 Å². The number of sulfonamides is 1. The van der Waals surface area contributed by atoms with E-state index in [1.807, 2.05) is 0 Å². The summed E-state index contributed by atoms with van der Waals surface area (Å²) in [6.45, 7) is 0. The first-order valence-corrected chi connectivity index (χ1v) is 8.03. The molecular formula is C12H16ClN3O3S. The maximum absolute atomic E-state index is 11.9. The van der Waals surface area contributed by atoms with Crippen molar-refractivity contribution in [1.82, 2.24) is 0 Å². The number of hydrogen-bond donors (Lipinski definition) is 3. The van der Waals surface area contributed by atoms with Gasteiger partial charge in [-0.1, -0.05) is 11.6 Å². The zero-order valence-electron chi connectivity index (χ0n) is 10.7. The van der Waals surface area contributed by atoms with Crippen molar-refractivity contribution in [2.24, 2.45) is 10.9 Å². The van der Waals surface area contributed by atoms with Crippen LogP contribution in [-0.4, -0.2) is 19.9 Å². The molecule has 0 radical (unpaired) electrons. The van der Waals surface area contributed by atoms with Crippen LogP contribution in [0.5, 0.6) is 0 Å². The highest BCUT2D eigenvalue weighted by molar-refractivity contribution is 7.89. The van der Waals surface area contributed by atoms with E-state index < -0.39 is 15.6 Å². The Morgan fingerprint density at radius 1 is 1.40 bits per heavy atom. The molecule has 6 nitrogen and oxygen atoms in total. The number of benzene rings is 1. The molecule has 8 heteroatoms. The number of rotatable bonds is 4. The predicted octanol–water partition coefficient (Wildman–Crippen LogP) is 1.20. The Balaban J connectivity index is 2.14. The van der Waals surface area contributed by atoms with E-state index in [2.05, 4.69) is 5.32 Å². The molecule has 5 N–H and O–H groups in total. The maximum atomic E-state index is 11.9. The second kappa shape index (κ2) is 5.33. The number of nitrogens with one attached hydrogen (secondary N) is 1. The number of primary sulfonamides is 1. The van der Waals surface area contributed by atoms with Crippen molar-refractivity contribution in [2.75, 3.05) is 5.32 Å². The molecule has 1 aromatic carbocycles. The summed E-state index contributed by atoms with van der Waals surface area (Å²) in [6.07, 6.45) is 2.82. The molecule has 1 amide bonds. The van der Waals surface area contributed by atoms with E-state index >= 15 is 0 Å². The third-order valence-corrected chi connectivity index (χ3v) is 4.64. The maximum Gasteiger partial charge on any atom is 0.238 e. The summed E-state index contributed by atoms with van der Waals surface area (Å²) in [6, 6.07) is 3.89. The Morgan fingerprint density at radius 2 is 2.05 bits per heavy atom. The van der Waals surface area contributed by atoms with Crippen LogP contribution in [0.4, 0.5) is 5.69 Å². The van der Waals surface area contributed by atoms with Crippen LogP contribution in [0, 0.1) is 0 Å². The minimum atomic E-state index is -3.84. The SMILES string of the molecule is NC1(CC(=O)Nc2cc(S(N)(=O)=O)ccc2Cl)CCC1. The molecule has 1 aliphatic carbocycles. The van der Waals surface area contributed by atoms with Crippen molar-refractivity contribution in [2.45, 2.75) is 36.1 Å². The average Bonchev–Trinajstić information content (AvgIpc) is 2.28. The smallest absolute Gasteiger partial charge is 0.238 e. The molecule has 0 bridgehead atoms. The van der Waals surface area contributed by atoms with E-state index in [0.29, 0.717) is 0 Å². The zero-order valence-corrected chi connectivity index (χ0v) is 12.3. The van der Waals surface area contributed by atoms with Crippen molar-refractivity contribution in [1.29, 1.82) is 0 Å². The highest BCUT2D eigenvalue weighted by Gasteiger charge is 2.34. The Bertz CT molecular complexity index is 641. The molecular weight excluding hydrogens is 302 g/mol. The lowest BCUT2D eigenvalue weighted by molar-refractivity contribution is -0.118. The van der Waals surface area contributed by atoms with Crippen LogP contribution in [0.2, 0.25) is 5.02 Å². The van der Waals surface area contributed by atoms with Gasteiger partial charge in [-0.05, 0) is 37.5 Å². The second-order valence-electron chi connectivity index (χ2n) is 5.13. The first-order chi connectivity index (χ1) is 9.20. The van der Waals surface area contributed by atoms with Gasteiger partial charge in [-0.25, -0.2) is 13.6 Å². The lowest BCUT2D eigenvalue weighted by Crippen LogP contribution is -2.48. The lowest BCUT2D eigenvalue weighted by atomic mass is 9.75. The van der Waals surface area contributed by atoms with E-state index in [1.165, 1.54) is 18.2 Å². The summed E-state index contributed by atoms with van der Waals surface area (Å²) < 4.78 is 22.5. The quantitative estimate of drug-likeness (QED) is 0.773. The molecule has 1 aromatic rings. The molecule has 2 rings (SSSR count). The van der Waals surface area contributed by atoms with E-state index in [-0.39, 0.29) is 27.9 Å². The van der Waals surface area contributed by atoms with Gasteiger partial charge in [0, 0.05) is 12.0 Å². The summed E-state index contributed by atoms with van der Waals surface area (Å²) in [7, 11) is -3.84. The van der Waals surface area contributed by atoms with Gasteiger partial charge in [-0.15, -0.1) is 0 Å². The first-order valence-electron chi connectivity index (χ1n) is 6.11. The monoisotopic (exact) mass is 317 g/mol. The van der Waals surface area contributed by atoms with Gasteiger partial charge in [0.25, 0.3) is 0 Å². The molecule has 0 atom stereocenters. The van der Waals surface area contributed by atoms with Crippen LogP contribution >= 0.6 is 11.6 Å². The highest BCUT2D eigenvalue weighted by Crippen LogP contribution is 2.33. The zero-order chi connectivity index (χ0) is 15.0. The van der Waals surface area contributed by atoms with Gasteiger partial charge in [0.15, 0.2) is 0 Å². The number of hydrogen-bond acceptors (Lipinski definition) is 4. The molecule has 1 saturated carbocycles. The fourth-order valence-electron chi connectivity index (χ4n) is 2.10. The van der Waals surface area contributed by atoms with Crippen molar-refractivity contribution in [3.63, 3.8) is 0 Å². The van der Waals surface area contributed by atoms with Crippen LogP contribution in [0.1, 0.15) is 25.7 Å². The number of carbonyl (C=O) groups excluding carboxylic acids is 1. The van der Waals surface area contributed by atoms with Gasteiger partial charge in [0.2, 0.25) is 15.9 Å². The molecule has 0 unspecified atom stereocenters. The standard InChI is InChI=1S/C12H16ClN3O3S/c13-9-3-2-8(20(15,18)19)6-10(9)16-11(17)7-12(14)4-1-5-12/h2-3,6H,1,4-5,7,14H2,(H,16,17)(H2,15,18,19). The number of halogens is 1. The molecule has 0 aromatic heterocycles. The molecule has 0 aliphatic heterocycles. The minimum Gasteiger partial charge on any atom is -0.325 e. The van der Waals surface area contributed by atoms with Gasteiger partial charge < -0.3 is 11.1 Å². The summed E-state index contributed by atoms with van der Waals surface area (Å²) in [5.74, 6) is -0.291. The highest BCUT2D eigenvalue weighted by atomic mass is 35.5. The molecule has 0 spiro atoms. The van der Waals surface area contributed by atoms with E-state index in [1.54, 1.807) is 0 Å². The Labute approximate surface area is 122 Å². The van der Waals surface area contributed by atoms with Crippen molar-refractivity contribution in [3.05, 3.63) is 23.2 Å². The van der Waals surface area contributed by atoms with Gasteiger partial charge in [0.1, 0.15) is 0 Å². The topological polar surface area (TPSA) is 115 Å². The molecule has 1 aliphatic rings. The van der Waals surface area contributed by atoms with Crippen LogP contribution in [0.25, 0.3) is 0 Å². The Morgan fingerprint density at radius 3 is 2.55 bits per heavy atom. The van der Waals surface area contributed by atoms with Crippen LogP contribution in [0.15, 0.2) is 23.1 Å². The Kier molecular flexibility index (Phi) is 4.06. The number of amides is 1. The fraction of sp³-hybridized carbons (Fsp3) is 0.417.